The van der Waals surface area contributed by atoms with Crippen LogP contribution in [0.1, 0.15) is 0 Å². The van der Waals surface area contributed by atoms with Crippen molar-refractivity contribution in [3.8, 4) is 0 Å². The van der Waals surface area contributed by atoms with Crippen molar-refractivity contribution < 1.29 is 14.3 Å². The molecular formula is C12H24N4O3. The van der Waals surface area contributed by atoms with Crippen LogP contribution in [-0.4, -0.2) is 88.2 Å². The molecule has 110 valence electrons. The molecule has 1 aliphatic rings. The van der Waals surface area contributed by atoms with Gasteiger partial charge >= 0.3 is 0 Å². The number of carbonyl (C=O) groups is 2. The standard InChI is InChI=1S/C12H24N4O3/c1-15(9-11(17)14-5-8-19-2)10-12(18)16-6-3-13-4-7-16/h13H,3-10H2,1-2H3,(H,14,17). The summed E-state index contributed by atoms with van der Waals surface area (Å²) in [5, 5.41) is 5.93. The van der Waals surface area contributed by atoms with Crippen LogP contribution in [0.15, 0.2) is 0 Å². The summed E-state index contributed by atoms with van der Waals surface area (Å²) in [4.78, 5) is 27.1. The van der Waals surface area contributed by atoms with Gasteiger partial charge in [0.2, 0.25) is 11.8 Å². The molecule has 7 nitrogen and oxygen atoms in total. The molecule has 2 amide bonds. The van der Waals surface area contributed by atoms with Crippen molar-refractivity contribution in [2.75, 3.05) is 66.6 Å². The molecule has 1 heterocycles. The lowest BCUT2D eigenvalue weighted by Crippen LogP contribution is -2.50. The first-order chi connectivity index (χ1) is 9.13. The third-order valence-electron chi connectivity index (χ3n) is 2.92. The molecule has 0 aliphatic carbocycles. The predicted octanol–water partition coefficient (Wildman–Crippen LogP) is -1.89. The predicted molar refractivity (Wildman–Crippen MR) is 71.8 cm³/mol. The van der Waals surface area contributed by atoms with E-state index in [1.54, 1.807) is 19.1 Å². The second-order valence-corrected chi connectivity index (χ2v) is 4.65. The van der Waals surface area contributed by atoms with E-state index in [2.05, 4.69) is 10.6 Å². The molecule has 0 bridgehead atoms. The minimum Gasteiger partial charge on any atom is -0.383 e. The Morgan fingerprint density at radius 3 is 2.63 bits per heavy atom. The third-order valence-corrected chi connectivity index (χ3v) is 2.92. The maximum atomic E-state index is 12.0. The molecule has 0 atom stereocenters. The Balaban J connectivity index is 2.20. The number of piperazine rings is 1. The minimum absolute atomic E-state index is 0.0775. The number of hydrogen-bond donors (Lipinski definition) is 2. The Morgan fingerprint density at radius 1 is 1.32 bits per heavy atom. The van der Waals surface area contributed by atoms with E-state index in [0.717, 1.165) is 26.2 Å². The van der Waals surface area contributed by atoms with Crippen LogP contribution in [0, 0.1) is 0 Å². The number of nitrogens with one attached hydrogen (secondary N) is 2. The molecule has 0 spiro atoms. The summed E-state index contributed by atoms with van der Waals surface area (Å²) in [5.74, 6) is -0.0126. The molecule has 19 heavy (non-hydrogen) atoms. The van der Waals surface area contributed by atoms with Gasteiger partial charge in [0.25, 0.3) is 0 Å². The Labute approximate surface area is 114 Å². The van der Waals surface area contributed by atoms with Crippen molar-refractivity contribution in [2.24, 2.45) is 0 Å². The van der Waals surface area contributed by atoms with Crippen LogP contribution in [-0.2, 0) is 14.3 Å². The maximum absolute atomic E-state index is 12.0. The van der Waals surface area contributed by atoms with Crippen molar-refractivity contribution in [2.45, 2.75) is 0 Å². The molecule has 0 unspecified atom stereocenters. The first-order valence-corrected chi connectivity index (χ1v) is 6.56. The van der Waals surface area contributed by atoms with Crippen LogP contribution in [0.5, 0.6) is 0 Å². The monoisotopic (exact) mass is 272 g/mol. The Hall–Kier alpha value is -1.18. The van der Waals surface area contributed by atoms with E-state index in [4.69, 9.17) is 4.74 Å². The topological polar surface area (TPSA) is 73.9 Å². The number of amides is 2. The SMILES string of the molecule is COCCNC(=O)CN(C)CC(=O)N1CCNCC1. The van der Waals surface area contributed by atoms with E-state index < -0.39 is 0 Å². The molecule has 1 fully saturated rings. The molecule has 1 aliphatic heterocycles. The molecule has 0 radical (unpaired) electrons. The largest absolute Gasteiger partial charge is 0.383 e. The second kappa shape index (κ2) is 8.84. The lowest BCUT2D eigenvalue weighted by molar-refractivity contribution is -0.133. The number of rotatable bonds is 7. The van der Waals surface area contributed by atoms with Gasteiger partial charge in [-0.1, -0.05) is 0 Å². The zero-order valence-corrected chi connectivity index (χ0v) is 11.8. The summed E-state index contributed by atoms with van der Waals surface area (Å²) in [6.45, 7) is 4.66. The second-order valence-electron chi connectivity index (χ2n) is 4.65. The molecule has 0 aromatic heterocycles. The summed E-state index contributed by atoms with van der Waals surface area (Å²) in [5.41, 5.74) is 0. The molecule has 7 heteroatoms. The van der Waals surface area contributed by atoms with Gasteiger partial charge in [-0.3, -0.25) is 14.5 Å². The quantitative estimate of drug-likeness (QED) is 0.530. The Morgan fingerprint density at radius 2 is 2.00 bits per heavy atom. The van der Waals surface area contributed by atoms with Crippen LogP contribution in [0.3, 0.4) is 0 Å². The number of ether oxygens (including phenoxy) is 1. The smallest absolute Gasteiger partial charge is 0.236 e. The molecule has 0 saturated carbocycles. The van der Waals surface area contributed by atoms with Gasteiger partial charge in [-0.15, -0.1) is 0 Å². The highest BCUT2D eigenvalue weighted by Gasteiger charge is 2.18. The summed E-state index contributed by atoms with van der Waals surface area (Å²) < 4.78 is 4.85. The zero-order chi connectivity index (χ0) is 14.1. The lowest BCUT2D eigenvalue weighted by atomic mass is 10.3. The lowest BCUT2D eigenvalue weighted by Gasteiger charge is -2.29. The van der Waals surface area contributed by atoms with E-state index in [-0.39, 0.29) is 24.9 Å². The van der Waals surface area contributed by atoms with Gasteiger partial charge in [0.05, 0.1) is 19.7 Å². The van der Waals surface area contributed by atoms with Crippen LogP contribution in [0.2, 0.25) is 0 Å². The fourth-order valence-corrected chi connectivity index (χ4v) is 1.89. The number of carbonyl (C=O) groups excluding carboxylic acids is 2. The first-order valence-electron chi connectivity index (χ1n) is 6.56. The highest BCUT2D eigenvalue weighted by atomic mass is 16.5. The van der Waals surface area contributed by atoms with Gasteiger partial charge in [-0.05, 0) is 7.05 Å². The third kappa shape index (κ3) is 6.51. The maximum Gasteiger partial charge on any atom is 0.236 e. The van der Waals surface area contributed by atoms with Crippen LogP contribution >= 0.6 is 0 Å². The van der Waals surface area contributed by atoms with Crippen molar-refractivity contribution in [3.05, 3.63) is 0 Å². The van der Waals surface area contributed by atoms with E-state index in [9.17, 15) is 9.59 Å². The average molecular weight is 272 g/mol. The van der Waals surface area contributed by atoms with E-state index in [1.165, 1.54) is 0 Å². The molecule has 0 aromatic carbocycles. The summed E-state index contributed by atoms with van der Waals surface area (Å²) in [6, 6.07) is 0. The molecule has 1 saturated heterocycles. The number of methoxy groups -OCH3 is 1. The normalized spacial score (nSPS) is 15.6. The van der Waals surface area contributed by atoms with Gasteiger partial charge < -0.3 is 20.3 Å². The number of hydrogen-bond acceptors (Lipinski definition) is 5. The van der Waals surface area contributed by atoms with Crippen molar-refractivity contribution in [1.29, 1.82) is 0 Å². The van der Waals surface area contributed by atoms with Gasteiger partial charge in [0.15, 0.2) is 0 Å². The van der Waals surface area contributed by atoms with Crippen molar-refractivity contribution in [1.82, 2.24) is 20.4 Å². The van der Waals surface area contributed by atoms with Crippen molar-refractivity contribution >= 4 is 11.8 Å². The summed E-state index contributed by atoms with van der Waals surface area (Å²) in [7, 11) is 3.36. The Kier molecular flexibility index (Phi) is 7.39. The van der Waals surface area contributed by atoms with Crippen LogP contribution in [0.4, 0.5) is 0 Å². The van der Waals surface area contributed by atoms with E-state index >= 15 is 0 Å². The molecule has 2 N–H and O–H groups in total. The van der Waals surface area contributed by atoms with Gasteiger partial charge in [0.1, 0.15) is 0 Å². The first kappa shape index (κ1) is 15.9. The van der Waals surface area contributed by atoms with Gasteiger partial charge in [-0.2, -0.15) is 0 Å². The molecular weight excluding hydrogens is 248 g/mol. The van der Waals surface area contributed by atoms with Gasteiger partial charge in [-0.25, -0.2) is 0 Å². The molecule has 1 rings (SSSR count). The molecule has 0 aromatic rings. The van der Waals surface area contributed by atoms with Gasteiger partial charge in [0, 0.05) is 39.8 Å². The number of nitrogens with zero attached hydrogens (tertiary/aromatic N) is 2. The fraction of sp³-hybridized carbons (Fsp3) is 0.833. The number of likely N-dealkylation sites (N-methyl/N-ethyl adjacent to an activating group) is 1. The minimum atomic E-state index is -0.0901. The highest BCUT2D eigenvalue weighted by Crippen LogP contribution is 1.95. The summed E-state index contributed by atoms with van der Waals surface area (Å²) in [6.07, 6.45) is 0. The fourth-order valence-electron chi connectivity index (χ4n) is 1.89. The van der Waals surface area contributed by atoms with Crippen LogP contribution < -0.4 is 10.6 Å². The van der Waals surface area contributed by atoms with E-state index in [0.29, 0.717) is 13.2 Å². The zero-order valence-electron chi connectivity index (χ0n) is 11.8. The van der Waals surface area contributed by atoms with E-state index in [1.807, 2.05) is 4.90 Å². The summed E-state index contributed by atoms with van der Waals surface area (Å²) >= 11 is 0. The highest BCUT2D eigenvalue weighted by molar-refractivity contribution is 5.81. The van der Waals surface area contributed by atoms with Crippen molar-refractivity contribution in [3.63, 3.8) is 0 Å². The van der Waals surface area contributed by atoms with Crippen LogP contribution in [0.25, 0.3) is 0 Å². The Bertz CT molecular complexity index is 293. The average Bonchev–Trinajstić information content (AvgIpc) is 2.39.